The van der Waals surface area contributed by atoms with Gasteiger partial charge in [0.25, 0.3) is 27.8 Å². The third kappa shape index (κ3) is 20.5. The molecular weight excluding hydrogens is 1890 g/mol. The number of hydrogen-bond acceptors (Lipinski definition) is 27. The molecule has 0 unspecified atom stereocenters. The van der Waals surface area contributed by atoms with Gasteiger partial charge in [-0.05, 0) is 283 Å². The van der Waals surface area contributed by atoms with Gasteiger partial charge in [0.1, 0.15) is 56.7 Å². The van der Waals surface area contributed by atoms with Crippen molar-refractivity contribution in [1.29, 1.82) is 0 Å². The Morgan fingerprint density at radius 2 is 0.707 bits per heavy atom. The maximum atomic E-state index is 13.0. The summed E-state index contributed by atoms with van der Waals surface area (Å²) >= 11 is 0. The predicted molar refractivity (Wildman–Crippen MR) is 584 cm³/mol. The van der Waals surface area contributed by atoms with Crippen molar-refractivity contribution in [3.63, 3.8) is 0 Å². The molecule has 26 rings (SSSR count). The first-order valence-corrected chi connectivity index (χ1v) is 52.3. The highest BCUT2D eigenvalue weighted by Gasteiger charge is 2.34. The Bertz CT molecular complexity index is 9020. The van der Waals surface area contributed by atoms with E-state index in [2.05, 4.69) is 131 Å². The summed E-state index contributed by atoms with van der Waals surface area (Å²) in [6.07, 6.45) is 37.2. The Hall–Kier alpha value is -16.2. The summed E-state index contributed by atoms with van der Waals surface area (Å²) in [4.78, 5) is 118. The largest absolute Gasteiger partial charge is 0.370 e. The first-order valence-electron chi connectivity index (χ1n) is 52.3. The monoisotopic (exact) mass is 2010 g/mol. The van der Waals surface area contributed by atoms with Crippen molar-refractivity contribution in [2.45, 2.75) is 165 Å². The van der Waals surface area contributed by atoms with E-state index >= 15 is 0 Å². The zero-order chi connectivity index (χ0) is 103. The van der Waals surface area contributed by atoms with Gasteiger partial charge in [0, 0.05) is 107 Å². The number of likely N-dealkylation sites (tertiary alicyclic amines) is 1. The lowest BCUT2D eigenvalue weighted by Gasteiger charge is -2.47. The predicted octanol–water partition coefficient (Wildman–Crippen LogP) is 13.3. The minimum absolute atomic E-state index is 0.0778. The molecule has 37 nitrogen and oxygen atoms in total. The minimum Gasteiger partial charge on any atom is -0.370 e. The SMILES string of the molecule is CCCc1nc(C)cn2nc(-c3cc(=O)n4cc(C5=CCNCC5)ccc4n3)cc12.CCCc1nc(C)cn2nc(-c3cc(=O)n4cc(C5CCNCC5)ccc4n3)cc12.CCc1nc(C)cn2nc(-c3cc(=O)n4cc(C5=CCNCC5)ccc4n3)cc12.Cc1cn2nc(-c3cc(=O)n4cc(N5CC(N6CCCCC6)C5)ccc4n3)cc2c(C)n1.Cc1cn2nc(-c3cc(=O)n4cc(N5CC[C@@H](CN)C5)ccc4n3)cc2c(C)n1. The average molecular weight is 2010 g/mol. The summed E-state index contributed by atoms with van der Waals surface area (Å²) < 4.78 is 17.2. The summed E-state index contributed by atoms with van der Waals surface area (Å²) in [6.45, 7) is 32.8. The molecule has 0 bridgehead atoms. The molecule has 20 aromatic rings. The summed E-state index contributed by atoms with van der Waals surface area (Å²) in [5.41, 5.74) is 36.8. The van der Waals surface area contributed by atoms with Crippen molar-refractivity contribution in [3.8, 4) is 56.9 Å². The molecule has 6 aliphatic rings. The Morgan fingerprint density at radius 3 is 1.10 bits per heavy atom. The van der Waals surface area contributed by atoms with E-state index in [9.17, 15) is 24.0 Å². The van der Waals surface area contributed by atoms with Crippen LogP contribution in [0.15, 0.2) is 219 Å². The van der Waals surface area contributed by atoms with E-state index in [1.807, 2.05) is 207 Å². The Morgan fingerprint density at radius 1 is 0.340 bits per heavy atom. The van der Waals surface area contributed by atoms with Crippen LogP contribution in [0.2, 0.25) is 0 Å². The number of piperidine rings is 2. The topological polar surface area (TPSA) is 395 Å². The fourth-order valence-electron chi connectivity index (χ4n) is 21.4. The molecular formula is C113H122N32O5. The molecule has 0 amide bonds. The number of pyridine rings is 5. The molecule has 20 aromatic heterocycles. The van der Waals surface area contributed by atoms with E-state index < -0.39 is 0 Å². The van der Waals surface area contributed by atoms with Crippen molar-refractivity contribution in [1.82, 2.24) is 141 Å². The van der Waals surface area contributed by atoms with Gasteiger partial charge in [-0.15, -0.1) is 0 Å². The number of aryl methyl sites for hydroxylation is 10. The number of nitrogens with two attached hydrogens (primary N) is 1. The lowest BCUT2D eigenvalue weighted by Crippen LogP contribution is -2.60. The van der Waals surface area contributed by atoms with E-state index in [4.69, 9.17) is 25.7 Å². The van der Waals surface area contributed by atoms with Crippen LogP contribution in [0.4, 0.5) is 11.4 Å². The average Bonchev–Trinajstić information content (AvgIpc) is 1.12. The Kier molecular flexibility index (Phi) is 27.7. The Labute approximate surface area is 863 Å². The molecule has 0 saturated carbocycles. The molecule has 0 aromatic carbocycles. The molecule has 0 radical (unpaired) electrons. The maximum Gasteiger partial charge on any atom is 0.258 e. The second-order valence-electron chi connectivity index (χ2n) is 40.1. The van der Waals surface area contributed by atoms with E-state index in [0.717, 1.165) is 237 Å². The summed E-state index contributed by atoms with van der Waals surface area (Å²) in [5, 5.41) is 33.2. The number of fused-ring (bicyclic) bond motifs is 10. The summed E-state index contributed by atoms with van der Waals surface area (Å²) in [7, 11) is 0. The molecule has 6 aliphatic heterocycles. The Balaban J connectivity index is 0.000000106. The van der Waals surface area contributed by atoms with Gasteiger partial charge in [0.05, 0.1) is 155 Å². The number of aromatic nitrogens is 25. The van der Waals surface area contributed by atoms with Crippen molar-refractivity contribution in [3.05, 3.63) is 321 Å². The van der Waals surface area contributed by atoms with Crippen LogP contribution in [0, 0.1) is 54.4 Å². The molecule has 1 atom stereocenters. The van der Waals surface area contributed by atoms with Crippen LogP contribution < -0.4 is 59.3 Å². The van der Waals surface area contributed by atoms with E-state index in [1.54, 1.807) is 56.9 Å². The second-order valence-corrected chi connectivity index (χ2v) is 40.1. The van der Waals surface area contributed by atoms with E-state index in [0.29, 0.717) is 110 Å². The fourth-order valence-corrected chi connectivity index (χ4v) is 21.4. The first-order chi connectivity index (χ1) is 72.9. The molecule has 4 fully saturated rings. The first kappa shape index (κ1) is 98.5. The van der Waals surface area contributed by atoms with Crippen molar-refractivity contribution in [2.75, 3.05) is 94.9 Å². The zero-order valence-corrected chi connectivity index (χ0v) is 86.2. The fraction of sp³-hybridized carbons (Fsp3) is 0.345. The number of hydrogen-bond donors (Lipinski definition) is 4. The molecule has 0 spiro atoms. The van der Waals surface area contributed by atoms with Gasteiger partial charge in [-0.1, -0.05) is 58.3 Å². The highest BCUT2D eigenvalue weighted by molar-refractivity contribution is 5.75. The molecule has 0 aliphatic carbocycles. The minimum atomic E-state index is -0.121. The van der Waals surface area contributed by atoms with Gasteiger partial charge >= 0.3 is 0 Å². The van der Waals surface area contributed by atoms with Crippen molar-refractivity contribution in [2.24, 2.45) is 11.7 Å². The number of nitrogens with zero attached hydrogens (tertiary/aromatic N) is 28. The zero-order valence-electron chi connectivity index (χ0n) is 86.2. The lowest BCUT2D eigenvalue weighted by atomic mass is 9.91. The number of nitrogens with one attached hydrogen (secondary N) is 3. The molecule has 5 N–H and O–H groups in total. The van der Waals surface area contributed by atoms with E-state index in [1.165, 1.54) is 49.1 Å². The standard InChI is InChI=1S/C24H27N7O.C23H26N6O.C23H24N6O.C22H22N6O.C21H23N7O/c1-16-12-31-22(17(2)25-16)10-21(27-31)20-11-24(32)30-15-18(6-7-23(30)26-20)29-13-19(14-29)28-8-4-3-5-9-28;2*1-3-4-18-21-11-20(27-29(21)13-15(2)25-18)19-12-23(30)28-14-17(5-6-22(28)26-19)16-7-9-24-10-8-16;1-3-17-20-10-19(26-28(20)12-14(2)24-17)18-11-22(29)27-13-16(4-5-21(27)25-18)15-6-8-23-9-7-15;1-13-10-28-19(14(2)23-13)7-18(25-28)17-8-21(29)27-12-16(3-4-20(27)24-17)26-6-5-15(9-22)11-26/h6-7,10-12,15,19H,3-5,8-9,13-14H2,1-2H3;5-6,11-14,16,24H,3-4,7-10H2,1-2H3;5-7,11-14,24H,3-4,8-10H2,1-2H3;4-6,10-13,23H,3,7-9H2,1-2H3;3-4,7-8,10,12,15H,5-6,9,11,22H2,1-2H3/t;;;;15-/m....0/s1. The smallest absolute Gasteiger partial charge is 0.258 e. The van der Waals surface area contributed by atoms with Crippen LogP contribution >= 0.6 is 0 Å². The molecule has 150 heavy (non-hydrogen) atoms. The molecule has 764 valence electrons. The summed E-state index contributed by atoms with van der Waals surface area (Å²) in [6, 6.07) is 38.1. The van der Waals surface area contributed by atoms with Gasteiger partial charge in [-0.3, -0.25) is 75.8 Å². The highest BCUT2D eigenvalue weighted by Crippen LogP contribution is 2.34. The van der Waals surface area contributed by atoms with Gasteiger partial charge in [0.2, 0.25) is 0 Å². The number of anilines is 2. The maximum absolute atomic E-state index is 13.0. The van der Waals surface area contributed by atoms with Crippen molar-refractivity contribution < 1.29 is 0 Å². The molecule has 4 saturated heterocycles. The quantitative estimate of drug-likeness (QED) is 0.0658. The van der Waals surface area contributed by atoms with Crippen LogP contribution in [-0.2, 0) is 19.3 Å². The normalized spacial score (nSPS) is 15.8. The van der Waals surface area contributed by atoms with Crippen LogP contribution in [0.3, 0.4) is 0 Å². The van der Waals surface area contributed by atoms with Crippen LogP contribution in [-0.4, -0.2) is 216 Å². The number of rotatable bonds is 17. The third-order valence-electron chi connectivity index (χ3n) is 29.2. The lowest BCUT2D eigenvalue weighted by molar-refractivity contribution is 0.139. The van der Waals surface area contributed by atoms with Crippen molar-refractivity contribution >= 4 is 78.3 Å². The molecule has 26 heterocycles. The third-order valence-corrected chi connectivity index (χ3v) is 29.2. The van der Waals surface area contributed by atoms with Crippen LogP contribution in [0.25, 0.3) is 124 Å². The summed E-state index contributed by atoms with van der Waals surface area (Å²) in [5.74, 6) is 1.01. The van der Waals surface area contributed by atoms with Gasteiger partial charge < -0.3 is 31.5 Å². The van der Waals surface area contributed by atoms with Gasteiger partial charge in [-0.25, -0.2) is 47.5 Å². The second kappa shape index (κ2) is 42.2. The highest BCUT2D eigenvalue weighted by atomic mass is 16.1. The molecule has 37 heteroatoms. The van der Waals surface area contributed by atoms with Crippen LogP contribution in [0.5, 0.6) is 0 Å². The van der Waals surface area contributed by atoms with Gasteiger partial charge in [0.15, 0.2) is 0 Å². The van der Waals surface area contributed by atoms with Crippen LogP contribution in [0.1, 0.15) is 165 Å². The van der Waals surface area contributed by atoms with E-state index in [-0.39, 0.29) is 27.8 Å². The van der Waals surface area contributed by atoms with Gasteiger partial charge in [-0.2, -0.15) is 25.5 Å².